The fourth-order valence-electron chi connectivity index (χ4n) is 2.33. The summed E-state index contributed by atoms with van der Waals surface area (Å²) in [6, 6.07) is 17.3. The fraction of sp³-hybridized carbons (Fsp3) is 0.118. The van der Waals surface area contributed by atoms with E-state index in [1.165, 1.54) is 0 Å². The van der Waals surface area contributed by atoms with Crippen LogP contribution >= 0.6 is 0 Å². The van der Waals surface area contributed by atoms with Gasteiger partial charge in [-0.2, -0.15) is 5.26 Å². The van der Waals surface area contributed by atoms with Crippen LogP contribution in [0.5, 0.6) is 5.75 Å². The molecule has 0 saturated heterocycles. The summed E-state index contributed by atoms with van der Waals surface area (Å²) >= 11 is 0. The maximum atomic E-state index is 8.91. The number of nitrogens with zero attached hydrogens (tertiary/aromatic N) is 2. The number of ether oxygens (including phenoxy) is 1. The number of nitriles is 1. The molecule has 0 spiro atoms. The topological polar surface area (TPSA) is 64.0 Å². The molecule has 0 aliphatic carbocycles. The first kappa shape index (κ1) is 13.1. The van der Waals surface area contributed by atoms with Gasteiger partial charge in [-0.3, -0.25) is 0 Å². The van der Waals surface area contributed by atoms with Gasteiger partial charge >= 0.3 is 0 Å². The number of benzene rings is 2. The number of rotatable bonds is 4. The summed E-state index contributed by atoms with van der Waals surface area (Å²) in [5.74, 6) is 0.776. The summed E-state index contributed by atoms with van der Waals surface area (Å²) in [4.78, 5) is 0. The van der Waals surface area contributed by atoms with Crippen LogP contribution in [0.4, 0.5) is 5.69 Å². The molecule has 1 heterocycles. The van der Waals surface area contributed by atoms with E-state index in [1.54, 1.807) is 0 Å². The van der Waals surface area contributed by atoms with Gasteiger partial charge in [0.2, 0.25) is 0 Å². The molecular weight excluding hydrogens is 262 g/mol. The molecule has 104 valence electrons. The van der Waals surface area contributed by atoms with E-state index in [4.69, 9.17) is 15.7 Å². The van der Waals surface area contributed by atoms with Crippen LogP contribution in [0.25, 0.3) is 10.9 Å². The van der Waals surface area contributed by atoms with Crippen molar-refractivity contribution < 1.29 is 4.74 Å². The normalized spacial score (nSPS) is 10.4. The Labute approximate surface area is 123 Å². The first-order chi connectivity index (χ1) is 10.3. The summed E-state index contributed by atoms with van der Waals surface area (Å²) in [5.41, 5.74) is 8.19. The molecule has 0 saturated carbocycles. The summed E-state index contributed by atoms with van der Waals surface area (Å²) in [6.07, 6.45) is 2.01. The minimum absolute atomic E-state index is 0.563. The van der Waals surface area contributed by atoms with E-state index in [-0.39, 0.29) is 0 Å². The van der Waals surface area contributed by atoms with Crippen LogP contribution in [-0.2, 0) is 6.54 Å². The lowest BCUT2D eigenvalue weighted by Crippen LogP contribution is -2.07. The lowest BCUT2D eigenvalue weighted by atomic mass is 10.2. The number of fused-ring (bicyclic) bond motifs is 1. The smallest absolute Gasteiger partial charge is 0.121 e. The highest BCUT2D eigenvalue weighted by atomic mass is 16.5. The third-order valence-electron chi connectivity index (χ3n) is 3.36. The number of anilines is 1. The van der Waals surface area contributed by atoms with Gasteiger partial charge in [0.1, 0.15) is 12.4 Å². The van der Waals surface area contributed by atoms with E-state index >= 15 is 0 Å². The summed E-state index contributed by atoms with van der Waals surface area (Å²) < 4.78 is 7.81. The second-order valence-electron chi connectivity index (χ2n) is 4.82. The molecule has 0 atom stereocenters. The lowest BCUT2D eigenvalue weighted by Gasteiger charge is -2.08. The largest absolute Gasteiger partial charge is 0.492 e. The number of nitrogen functional groups attached to an aromatic ring is 1. The van der Waals surface area contributed by atoms with Crippen LogP contribution in [0, 0.1) is 11.3 Å². The quantitative estimate of drug-likeness (QED) is 0.745. The summed E-state index contributed by atoms with van der Waals surface area (Å²) in [7, 11) is 0. The predicted molar refractivity (Wildman–Crippen MR) is 83.0 cm³/mol. The van der Waals surface area contributed by atoms with Crippen LogP contribution in [0.2, 0.25) is 0 Å². The van der Waals surface area contributed by atoms with Crippen molar-refractivity contribution in [2.75, 3.05) is 12.3 Å². The minimum Gasteiger partial charge on any atom is -0.492 e. The maximum absolute atomic E-state index is 8.91. The van der Waals surface area contributed by atoms with Gasteiger partial charge in [-0.15, -0.1) is 0 Å². The van der Waals surface area contributed by atoms with E-state index in [2.05, 4.69) is 10.6 Å². The standard InChI is InChI=1S/C17H15N3O/c18-12-13-4-5-17-14(10-13)6-7-20(17)8-9-21-16-3-1-2-15(19)11-16/h1-7,10-11H,8-9,19H2. The number of hydrogen-bond acceptors (Lipinski definition) is 3. The Morgan fingerprint density at radius 2 is 2.05 bits per heavy atom. The van der Waals surface area contributed by atoms with E-state index in [0.717, 1.165) is 23.2 Å². The molecule has 0 amide bonds. The van der Waals surface area contributed by atoms with Gasteiger partial charge in [0, 0.05) is 28.9 Å². The molecule has 0 unspecified atom stereocenters. The van der Waals surface area contributed by atoms with Crippen molar-refractivity contribution in [1.29, 1.82) is 5.26 Å². The van der Waals surface area contributed by atoms with Gasteiger partial charge in [0.25, 0.3) is 0 Å². The molecule has 2 N–H and O–H groups in total. The van der Waals surface area contributed by atoms with Gasteiger partial charge in [0.05, 0.1) is 18.2 Å². The van der Waals surface area contributed by atoms with E-state index in [1.807, 2.05) is 54.7 Å². The second-order valence-corrected chi connectivity index (χ2v) is 4.82. The van der Waals surface area contributed by atoms with Crippen LogP contribution in [-0.4, -0.2) is 11.2 Å². The molecule has 21 heavy (non-hydrogen) atoms. The Morgan fingerprint density at radius 3 is 2.86 bits per heavy atom. The van der Waals surface area contributed by atoms with Gasteiger partial charge < -0.3 is 15.0 Å². The fourth-order valence-corrected chi connectivity index (χ4v) is 2.33. The molecule has 1 aromatic heterocycles. The molecular formula is C17H15N3O. The van der Waals surface area contributed by atoms with Gasteiger partial charge in [0.15, 0.2) is 0 Å². The minimum atomic E-state index is 0.563. The van der Waals surface area contributed by atoms with Crippen LogP contribution in [0.1, 0.15) is 5.56 Å². The lowest BCUT2D eigenvalue weighted by molar-refractivity contribution is 0.300. The summed E-state index contributed by atoms with van der Waals surface area (Å²) in [6.45, 7) is 1.30. The predicted octanol–water partition coefficient (Wildman–Crippen LogP) is 3.17. The van der Waals surface area contributed by atoms with Crippen molar-refractivity contribution in [2.45, 2.75) is 6.54 Å². The first-order valence-electron chi connectivity index (χ1n) is 6.73. The number of aromatic nitrogens is 1. The Balaban J connectivity index is 1.70. The zero-order chi connectivity index (χ0) is 14.7. The Kier molecular flexibility index (Phi) is 3.48. The zero-order valence-electron chi connectivity index (χ0n) is 11.5. The van der Waals surface area contributed by atoms with Crippen molar-refractivity contribution in [2.24, 2.45) is 0 Å². The van der Waals surface area contributed by atoms with Crippen LogP contribution < -0.4 is 10.5 Å². The average molecular weight is 277 g/mol. The van der Waals surface area contributed by atoms with E-state index < -0.39 is 0 Å². The molecule has 0 radical (unpaired) electrons. The third-order valence-corrected chi connectivity index (χ3v) is 3.36. The Bertz CT molecular complexity index is 814. The molecule has 4 nitrogen and oxygen atoms in total. The number of nitrogens with two attached hydrogens (primary N) is 1. The highest BCUT2D eigenvalue weighted by Gasteiger charge is 2.02. The highest BCUT2D eigenvalue weighted by molar-refractivity contribution is 5.81. The highest BCUT2D eigenvalue weighted by Crippen LogP contribution is 2.18. The Hall–Kier alpha value is -2.93. The molecule has 0 bridgehead atoms. The first-order valence-corrected chi connectivity index (χ1v) is 6.73. The van der Waals surface area contributed by atoms with E-state index in [0.29, 0.717) is 17.9 Å². The van der Waals surface area contributed by atoms with Gasteiger partial charge in [-0.25, -0.2) is 0 Å². The molecule has 4 heteroatoms. The Morgan fingerprint density at radius 1 is 1.14 bits per heavy atom. The second kappa shape index (κ2) is 5.59. The van der Waals surface area contributed by atoms with Crippen molar-refractivity contribution in [3.05, 3.63) is 60.3 Å². The monoisotopic (exact) mass is 277 g/mol. The van der Waals surface area contributed by atoms with Crippen molar-refractivity contribution in [3.8, 4) is 11.8 Å². The maximum Gasteiger partial charge on any atom is 0.121 e. The molecule has 0 fully saturated rings. The number of hydrogen-bond donors (Lipinski definition) is 1. The van der Waals surface area contributed by atoms with Crippen LogP contribution in [0.15, 0.2) is 54.7 Å². The molecule has 2 aromatic carbocycles. The van der Waals surface area contributed by atoms with Crippen molar-refractivity contribution in [3.63, 3.8) is 0 Å². The van der Waals surface area contributed by atoms with E-state index in [9.17, 15) is 0 Å². The van der Waals surface area contributed by atoms with Gasteiger partial charge in [-0.05, 0) is 36.4 Å². The van der Waals surface area contributed by atoms with Crippen molar-refractivity contribution in [1.82, 2.24) is 4.57 Å². The van der Waals surface area contributed by atoms with Gasteiger partial charge in [-0.1, -0.05) is 6.07 Å². The SMILES string of the molecule is N#Cc1ccc2c(ccn2CCOc2cccc(N)c2)c1. The average Bonchev–Trinajstić information content (AvgIpc) is 2.90. The molecule has 3 aromatic rings. The molecule has 0 aliphatic rings. The van der Waals surface area contributed by atoms with Crippen molar-refractivity contribution >= 4 is 16.6 Å². The summed E-state index contributed by atoms with van der Waals surface area (Å²) in [5, 5.41) is 9.97. The molecule has 3 rings (SSSR count). The van der Waals surface area contributed by atoms with Crippen LogP contribution in [0.3, 0.4) is 0 Å². The third kappa shape index (κ3) is 2.82. The zero-order valence-corrected chi connectivity index (χ0v) is 11.5. The molecule has 0 aliphatic heterocycles.